The van der Waals surface area contributed by atoms with Gasteiger partial charge in [-0.1, -0.05) is 12.8 Å². The fraction of sp³-hybridized carbons (Fsp3) is 0.647. The van der Waals surface area contributed by atoms with Gasteiger partial charge in [0.05, 0.1) is 5.41 Å². The van der Waals surface area contributed by atoms with Crippen molar-refractivity contribution in [3.63, 3.8) is 0 Å². The van der Waals surface area contributed by atoms with Crippen LogP contribution in [0, 0.1) is 5.41 Å². The van der Waals surface area contributed by atoms with Crippen LogP contribution in [-0.4, -0.2) is 53.4 Å². The molecule has 1 amide bonds. The van der Waals surface area contributed by atoms with Crippen LogP contribution in [0.4, 0.5) is 0 Å². The molecule has 22 heavy (non-hydrogen) atoms. The van der Waals surface area contributed by atoms with Gasteiger partial charge in [0.15, 0.2) is 0 Å². The largest absolute Gasteiger partial charge is 0.340 e. The summed E-state index contributed by atoms with van der Waals surface area (Å²) in [7, 11) is 0. The van der Waals surface area contributed by atoms with Gasteiger partial charge in [-0.3, -0.25) is 14.7 Å². The zero-order chi connectivity index (χ0) is 15.4. The van der Waals surface area contributed by atoms with Gasteiger partial charge < -0.3 is 10.6 Å². The maximum atomic E-state index is 12.8. The molecule has 3 rings (SSSR count). The number of aromatic nitrogens is 1. The summed E-state index contributed by atoms with van der Waals surface area (Å²) in [6.07, 6.45) is 7.90. The van der Waals surface area contributed by atoms with Crippen LogP contribution in [0.1, 0.15) is 31.2 Å². The third kappa shape index (κ3) is 3.15. The van der Waals surface area contributed by atoms with Crippen LogP contribution in [0.2, 0.25) is 0 Å². The minimum atomic E-state index is -0.257. The summed E-state index contributed by atoms with van der Waals surface area (Å²) >= 11 is 0. The smallest absolute Gasteiger partial charge is 0.230 e. The first-order valence-electron chi connectivity index (χ1n) is 8.34. The minimum absolute atomic E-state index is 0.257. The van der Waals surface area contributed by atoms with E-state index in [0.717, 1.165) is 58.4 Å². The first-order chi connectivity index (χ1) is 10.7. The summed E-state index contributed by atoms with van der Waals surface area (Å²) in [5.74, 6) is 0.302. The van der Waals surface area contributed by atoms with E-state index in [2.05, 4.69) is 22.0 Å². The summed E-state index contributed by atoms with van der Waals surface area (Å²) in [5, 5.41) is 0. The predicted octanol–water partition coefficient (Wildman–Crippen LogP) is 1.24. The van der Waals surface area contributed by atoms with Gasteiger partial charge in [-0.15, -0.1) is 0 Å². The number of amides is 1. The number of rotatable bonds is 4. The fourth-order valence-electron chi connectivity index (χ4n) is 3.75. The normalized spacial score (nSPS) is 22.0. The lowest BCUT2D eigenvalue weighted by Crippen LogP contribution is -2.54. The molecule has 1 aromatic rings. The van der Waals surface area contributed by atoms with Gasteiger partial charge in [-0.25, -0.2) is 0 Å². The van der Waals surface area contributed by atoms with E-state index in [1.807, 2.05) is 17.3 Å². The third-order valence-electron chi connectivity index (χ3n) is 5.22. The molecular formula is C17H26N4O. The molecule has 1 aliphatic heterocycles. The van der Waals surface area contributed by atoms with Gasteiger partial charge in [0.1, 0.15) is 0 Å². The van der Waals surface area contributed by atoms with Crippen LogP contribution in [0.3, 0.4) is 0 Å². The van der Waals surface area contributed by atoms with Crippen LogP contribution in [0.15, 0.2) is 24.5 Å². The number of nitrogens with two attached hydrogens (primary N) is 1. The van der Waals surface area contributed by atoms with E-state index in [9.17, 15) is 4.79 Å². The second-order valence-electron chi connectivity index (χ2n) is 6.62. The van der Waals surface area contributed by atoms with Crippen LogP contribution in [0.25, 0.3) is 0 Å². The number of hydrogen-bond donors (Lipinski definition) is 1. The molecular weight excluding hydrogens is 276 g/mol. The lowest BCUT2D eigenvalue weighted by atomic mass is 9.84. The maximum Gasteiger partial charge on any atom is 0.230 e. The molecule has 2 fully saturated rings. The highest BCUT2D eigenvalue weighted by molar-refractivity contribution is 5.83. The average molecular weight is 302 g/mol. The van der Waals surface area contributed by atoms with Crippen molar-refractivity contribution in [3.05, 3.63) is 30.1 Å². The zero-order valence-corrected chi connectivity index (χ0v) is 13.2. The highest BCUT2D eigenvalue weighted by Crippen LogP contribution is 2.39. The van der Waals surface area contributed by atoms with Crippen molar-refractivity contribution >= 4 is 5.91 Å². The Balaban J connectivity index is 1.54. The quantitative estimate of drug-likeness (QED) is 0.909. The molecule has 1 saturated heterocycles. The molecule has 0 radical (unpaired) electrons. The Morgan fingerprint density at radius 3 is 2.36 bits per heavy atom. The highest BCUT2D eigenvalue weighted by atomic mass is 16.2. The van der Waals surface area contributed by atoms with Crippen molar-refractivity contribution in [2.75, 3.05) is 32.7 Å². The molecule has 1 aliphatic carbocycles. The minimum Gasteiger partial charge on any atom is -0.340 e. The second-order valence-corrected chi connectivity index (χ2v) is 6.62. The van der Waals surface area contributed by atoms with Crippen LogP contribution in [-0.2, 0) is 11.3 Å². The molecule has 0 unspecified atom stereocenters. The van der Waals surface area contributed by atoms with E-state index in [0.29, 0.717) is 12.5 Å². The van der Waals surface area contributed by atoms with Gasteiger partial charge >= 0.3 is 0 Å². The summed E-state index contributed by atoms with van der Waals surface area (Å²) in [5.41, 5.74) is 6.97. The number of carbonyl (C=O) groups is 1. The van der Waals surface area contributed by atoms with Crippen molar-refractivity contribution in [2.24, 2.45) is 11.1 Å². The molecule has 2 heterocycles. The Bertz CT molecular complexity index is 491. The highest BCUT2D eigenvalue weighted by Gasteiger charge is 2.42. The van der Waals surface area contributed by atoms with Crippen LogP contribution in [0.5, 0.6) is 0 Å². The molecule has 0 atom stereocenters. The lowest BCUT2D eigenvalue weighted by molar-refractivity contribution is -0.143. The number of piperazine rings is 1. The van der Waals surface area contributed by atoms with Crippen LogP contribution < -0.4 is 5.73 Å². The Morgan fingerprint density at radius 2 is 1.77 bits per heavy atom. The second kappa shape index (κ2) is 6.75. The van der Waals surface area contributed by atoms with Gasteiger partial charge in [0.25, 0.3) is 0 Å². The Hall–Kier alpha value is -1.46. The molecule has 0 bridgehead atoms. The molecule has 5 nitrogen and oxygen atoms in total. The number of nitrogens with zero attached hydrogens (tertiary/aromatic N) is 3. The first kappa shape index (κ1) is 15.4. The van der Waals surface area contributed by atoms with E-state index in [-0.39, 0.29) is 5.41 Å². The SMILES string of the molecule is NCC1(C(=O)N2CCN(Cc3ccncc3)CC2)CCCC1. The van der Waals surface area contributed by atoms with E-state index >= 15 is 0 Å². The van der Waals surface area contributed by atoms with Crippen molar-refractivity contribution in [2.45, 2.75) is 32.2 Å². The van der Waals surface area contributed by atoms with Crippen molar-refractivity contribution in [1.82, 2.24) is 14.8 Å². The lowest BCUT2D eigenvalue weighted by Gasteiger charge is -2.39. The standard InChI is InChI=1S/C17H26N4O/c18-14-17(5-1-2-6-17)16(22)21-11-9-20(10-12-21)13-15-3-7-19-8-4-15/h3-4,7-8H,1-2,5-6,9-14,18H2. The molecule has 2 aliphatic rings. The average Bonchev–Trinajstić information content (AvgIpc) is 3.06. The molecule has 120 valence electrons. The van der Waals surface area contributed by atoms with Gasteiger partial charge in [0.2, 0.25) is 5.91 Å². The van der Waals surface area contributed by atoms with Crippen molar-refractivity contribution < 1.29 is 4.79 Å². The Labute approximate surface area is 132 Å². The molecule has 5 heteroatoms. The molecule has 0 aromatic carbocycles. The molecule has 1 aromatic heterocycles. The number of carbonyl (C=O) groups excluding carboxylic acids is 1. The fourth-order valence-corrected chi connectivity index (χ4v) is 3.75. The zero-order valence-electron chi connectivity index (χ0n) is 13.2. The molecule has 0 spiro atoms. The predicted molar refractivity (Wildman–Crippen MR) is 86.0 cm³/mol. The van der Waals surface area contributed by atoms with Crippen molar-refractivity contribution in [3.8, 4) is 0 Å². The topological polar surface area (TPSA) is 62.5 Å². The molecule has 2 N–H and O–H groups in total. The van der Waals surface area contributed by atoms with Crippen LogP contribution >= 0.6 is 0 Å². The van der Waals surface area contributed by atoms with E-state index in [1.54, 1.807) is 0 Å². The summed E-state index contributed by atoms with van der Waals surface area (Å²) in [6.45, 7) is 4.97. The Kier molecular flexibility index (Phi) is 4.74. The third-order valence-corrected chi connectivity index (χ3v) is 5.22. The Morgan fingerprint density at radius 1 is 1.14 bits per heavy atom. The van der Waals surface area contributed by atoms with Gasteiger partial charge in [-0.2, -0.15) is 0 Å². The van der Waals surface area contributed by atoms with Gasteiger partial charge in [0, 0.05) is 51.7 Å². The van der Waals surface area contributed by atoms with Crippen molar-refractivity contribution in [1.29, 1.82) is 0 Å². The number of pyridine rings is 1. The summed E-state index contributed by atoms with van der Waals surface area (Å²) in [6, 6.07) is 4.11. The number of hydrogen-bond acceptors (Lipinski definition) is 4. The first-order valence-corrected chi connectivity index (χ1v) is 8.34. The van der Waals surface area contributed by atoms with E-state index in [1.165, 1.54) is 5.56 Å². The maximum absolute atomic E-state index is 12.8. The van der Waals surface area contributed by atoms with E-state index < -0.39 is 0 Å². The summed E-state index contributed by atoms with van der Waals surface area (Å²) < 4.78 is 0. The van der Waals surface area contributed by atoms with Gasteiger partial charge in [-0.05, 0) is 30.5 Å². The molecule has 1 saturated carbocycles. The monoisotopic (exact) mass is 302 g/mol. The van der Waals surface area contributed by atoms with E-state index in [4.69, 9.17) is 5.73 Å². The summed E-state index contributed by atoms with van der Waals surface area (Å²) in [4.78, 5) is 21.3.